The number of hydrogen-bond acceptors (Lipinski definition) is 1. The van der Waals surface area contributed by atoms with Crippen molar-refractivity contribution in [2.45, 2.75) is 38.5 Å². The van der Waals surface area contributed by atoms with Gasteiger partial charge in [-0.25, -0.2) is 0 Å². The molecular formula is C36H33N. The number of rotatable bonds is 4. The molecule has 182 valence electrons. The molecule has 37 heavy (non-hydrogen) atoms. The van der Waals surface area contributed by atoms with Crippen molar-refractivity contribution >= 4 is 17.1 Å². The molecule has 0 atom stereocenters. The summed E-state index contributed by atoms with van der Waals surface area (Å²) in [5.74, 6) is 0. The molecule has 0 saturated heterocycles. The van der Waals surface area contributed by atoms with Crippen LogP contribution in [0.2, 0.25) is 0 Å². The average Bonchev–Trinajstić information content (AvgIpc) is 2.94. The van der Waals surface area contributed by atoms with Gasteiger partial charge >= 0.3 is 0 Å². The van der Waals surface area contributed by atoms with Crippen LogP contribution in [-0.2, 0) is 10.8 Å². The number of benzene rings is 5. The molecule has 0 aromatic heterocycles. The summed E-state index contributed by atoms with van der Waals surface area (Å²) < 4.78 is 0. The number of fused-ring (bicyclic) bond motifs is 3. The molecule has 0 radical (unpaired) electrons. The van der Waals surface area contributed by atoms with Crippen LogP contribution < -0.4 is 4.90 Å². The van der Waals surface area contributed by atoms with Gasteiger partial charge in [-0.15, -0.1) is 0 Å². The van der Waals surface area contributed by atoms with Crippen molar-refractivity contribution in [1.29, 1.82) is 0 Å². The molecule has 1 aliphatic carbocycles. The van der Waals surface area contributed by atoms with Gasteiger partial charge in [-0.1, -0.05) is 119 Å². The van der Waals surface area contributed by atoms with Gasteiger partial charge in [0.15, 0.2) is 0 Å². The fraction of sp³-hybridized carbons (Fsp3) is 0.167. The van der Waals surface area contributed by atoms with Crippen LogP contribution in [0.4, 0.5) is 17.1 Å². The molecular weight excluding hydrogens is 446 g/mol. The van der Waals surface area contributed by atoms with E-state index >= 15 is 0 Å². The highest BCUT2D eigenvalue weighted by molar-refractivity contribution is 5.84. The van der Waals surface area contributed by atoms with Crippen molar-refractivity contribution in [3.8, 4) is 22.3 Å². The number of hydrogen-bond donors (Lipinski definition) is 0. The van der Waals surface area contributed by atoms with Crippen LogP contribution in [0.5, 0.6) is 0 Å². The van der Waals surface area contributed by atoms with Crippen LogP contribution in [0.25, 0.3) is 22.3 Å². The SMILES string of the molecule is CC1(C)c2ccccc2-c2ccc(N(c3ccccc3)c3cccc(-c4ccccc4)c3)cc2C1(C)C. The predicted molar refractivity (Wildman–Crippen MR) is 158 cm³/mol. The summed E-state index contributed by atoms with van der Waals surface area (Å²) >= 11 is 0. The lowest BCUT2D eigenvalue weighted by Crippen LogP contribution is -2.43. The van der Waals surface area contributed by atoms with Gasteiger partial charge in [0.05, 0.1) is 0 Å². The van der Waals surface area contributed by atoms with Crippen LogP contribution >= 0.6 is 0 Å². The zero-order valence-corrected chi connectivity index (χ0v) is 22.1. The second-order valence-corrected chi connectivity index (χ2v) is 11.1. The molecule has 5 aromatic carbocycles. The minimum absolute atomic E-state index is 0.0000192. The van der Waals surface area contributed by atoms with Crippen LogP contribution in [0.1, 0.15) is 38.8 Å². The van der Waals surface area contributed by atoms with Crippen molar-refractivity contribution in [1.82, 2.24) is 0 Å². The number of nitrogens with zero attached hydrogens (tertiary/aromatic N) is 1. The van der Waals surface area contributed by atoms with Crippen LogP contribution in [0.3, 0.4) is 0 Å². The van der Waals surface area contributed by atoms with Crippen LogP contribution in [0.15, 0.2) is 127 Å². The standard InChI is InChI=1S/C36H33N/c1-35(2)33-21-12-11-20-31(33)32-23-22-30(25-34(32)36(35,3)4)37(28-17-9-6-10-18-28)29-19-13-16-27(24-29)26-14-7-5-8-15-26/h5-25H,1-4H3. The first-order chi connectivity index (χ1) is 17.9. The first kappa shape index (κ1) is 23.3. The average molecular weight is 480 g/mol. The zero-order valence-electron chi connectivity index (χ0n) is 22.1. The Morgan fingerprint density at radius 3 is 1.70 bits per heavy atom. The molecule has 5 aromatic rings. The van der Waals surface area contributed by atoms with E-state index in [0.717, 1.165) is 11.4 Å². The summed E-state index contributed by atoms with van der Waals surface area (Å²) in [6.45, 7) is 9.57. The topological polar surface area (TPSA) is 3.24 Å². The van der Waals surface area contributed by atoms with Gasteiger partial charge in [0, 0.05) is 17.1 Å². The third-order valence-electron chi connectivity index (χ3n) is 8.61. The van der Waals surface area contributed by atoms with Gasteiger partial charge in [0.1, 0.15) is 0 Å². The summed E-state index contributed by atoms with van der Waals surface area (Å²) in [6, 6.07) is 46.1. The number of para-hydroxylation sites is 1. The molecule has 0 unspecified atom stereocenters. The fourth-order valence-electron chi connectivity index (χ4n) is 5.84. The second-order valence-electron chi connectivity index (χ2n) is 11.1. The minimum atomic E-state index is -0.0407. The number of anilines is 3. The molecule has 1 heteroatoms. The Bertz CT molecular complexity index is 1560. The van der Waals surface area contributed by atoms with Crippen molar-refractivity contribution in [3.63, 3.8) is 0 Å². The van der Waals surface area contributed by atoms with E-state index in [-0.39, 0.29) is 10.8 Å². The van der Waals surface area contributed by atoms with Crippen molar-refractivity contribution < 1.29 is 0 Å². The van der Waals surface area contributed by atoms with Gasteiger partial charge < -0.3 is 4.90 Å². The van der Waals surface area contributed by atoms with Crippen LogP contribution in [-0.4, -0.2) is 0 Å². The lowest BCUT2D eigenvalue weighted by atomic mass is 9.55. The molecule has 0 spiro atoms. The molecule has 6 rings (SSSR count). The van der Waals surface area contributed by atoms with Gasteiger partial charge in [-0.2, -0.15) is 0 Å². The molecule has 1 nitrogen and oxygen atoms in total. The van der Waals surface area contributed by atoms with Gasteiger partial charge in [-0.05, 0) is 80.6 Å². The highest BCUT2D eigenvalue weighted by Crippen LogP contribution is 2.54. The summed E-state index contributed by atoms with van der Waals surface area (Å²) in [5, 5.41) is 0. The van der Waals surface area contributed by atoms with Crippen molar-refractivity contribution in [2.24, 2.45) is 0 Å². The van der Waals surface area contributed by atoms with Gasteiger partial charge in [-0.3, -0.25) is 0 Å². The zero-order chi connectivity index (χ0) is 25.6. The van der Waals surface area contributed by atoms with E-state index in [4.69, 9.17) is 0 Å². The third-order valence-corrected chi connectivity index (χ3v) is 8.61. The first-order valence-electron chi connectivity index (χ1n) is 13.1. The molecule has 1 aliphatic rings. The summed E-state index contributed by atoms with van der Waals surface area (Å²) in [7, 11) is 0. The van der Waals surface area contributed by atoms with Crippen molar-refractivity contribution in [3.05, 3.63) is 139 Å². The molecule has 0 saturated carbocycles. The Labute approximate surface area is 221 Å². The third kappa shape index (κ3) is 3.78. The lowest BCUT2D eigenvalue weighted by Gasteiger charge is -2.48. The maximum Gasteiger partial charge on any atom is 0.0467 e. The normalized spacial score (nSPS) is 14.9. The quantitative estimate of drug-likeness (QED) is 0.248. The molecule has 0 amide bonds. The maximum absolute atomic E-state index is 2.43. The van der Waals surface area contributed by atoms with E-state index < -0.39 is 0 Å². The van der Waals surface area contributed by atoms with E-state index in [1.165, 1.54) is 39.1 Å². The fourth-order valence-corrected chi connectivity index (χ4v) is 5.84. The Hall–Kier alpha value is -4.10. The lowest BCUT2D eigenvalue weighted by molar-refractivity contribution is 0.299. The largest absolute Gasteiger partial charge is 0.310 e. The summed E-state index contributed by atoms with van der Waals surface area (Å²) in [4.78, 5) is 2.39. The maximum atomic E-state index is 2.43. The molecule has 0 aliphatic heterocycles. The first-order valence-corrected chi connectivity index (χ1v) is 13.1. The van der Waals surface area contributed by atoms with Crippen LogP contribution in [0, 0.1) is 0 Å². The van der Waals surface area contributed by atoms with Gasteiger partial charge in [0.25, 0.3) is 0 Å². The predicted octanol–water partition coefficient (Wildman–Crippen LogP) is 10.1. The van der Waals surface area contributed by atoms with Gasteiger partial charge in [0.2, 0.25) is 0 Å². The Morgan fingerprint density at radius 2 is 0.946 bits per heavy atom. The Kier molecular flexibility index (Phi) is 5.53. The molecule has 0 N–H and O–H groups in total. The Balaban J connectivity index is 1.55. The smallest absolute Gasteiger partial charge is 0.0467 e. The van der Waals surface area contributed by atoms with E-state index in [0.29, 0.717) is 0 Å². The van der Waals surface area contributed by atoms with Crippen molar-refractivity contribution in [2.75, 3.05) is 4.90 Å². The van der Waals surface area contributed by atoms with E-state index in [2.05, 4.69) is 160 Å². The monoisotopic (exact) mass is 479 g/mol. The molecule has 0 fully saturated rings. The summed E-state index contributed by atoms with van der Waals surface area (Å²) in [5.41, 5.74) is 11.4. The highest BCUT2D eigenvalue weighted by atomic mass is 15.1. The van der Waals surface area contributed by atoms with E-state index in [9.17, 15) is 0 Å². The highest BCUT2D eigenvalue weighted by Gasteiger charge is 2.45. The molecule has 0 bridgehead atoms. The Morgan fingerprint density at radius 1 is 0.405 bits per heavy atom. The van der Waals surface area contributed by atoms with E-state index in [1.54, 1.807) is 0 Å². The van der Waals surface area contributed by atoms with E-state index in [1.807, 2.05) is 0 Å². The minimum Gasteiger partial charge on any atom is -0.310 e. The summed E-state index contributed by atoms with van der Waals surface area (Å²) in [6.07, 6.45) is 0. The second kappa shape index (κ2) is 8.78. The molecule has 0 heterocycles.